The zero-order valence-corrected chi connectivity index (χ0v) is 19.4. The van der Waals surface area contributed by atoms with Crippen molar-refractivity contribution in [3.05, 3.63) is 58.4 Å². The maximum atomic E-state index is 13.8. The third kappa shape index (κ3) is 7.57. The lowest BCUT2D eigenvalue weighted by molar-refractivity contribution is 0.602. The maximum Gasteiger partial charge on any atom is 0.191 e. The fraction of sp³-hybridized carbons (Fsp3) is 0.389. The highest BCUT2D eigenvalue weighted by atomic mass is 127. The number of nitrogens with zero attached hydrogens (tertiary/aromatic N) is 4. The molecule has 1 heterocycles. The van der Waals surface area contributed by atoms with Crippen LogP contribution in [0.4, 0.5) is 4.39 Å². The van der Waals surface area contributed by atoms with Gasteiger partial charge in [0.15, 0.2) is 11.8 Å². The number of benzene rings is 1. The lowest BCUT2D eigenvalue weighted by Crippen LogP contribution is -2.38. The van der Waals surface area contributed by atoms with Crippen LogP contribution in [0.25, 0.3) is 0 Å². The monoisotopic (exact) mass is 550 g/mol. The first-order valence-electron chi connectivity index (χ1n) is 8.43. The molecule has 1 aromatic heterocycles. The van der Waals surface area contributed by atoms with Gasteiger partial charge < -0.3 is 15.2 Å². The standard InChI is InChI=1S/C18H24BrFN6.HI/c1-4-9-21-18(23-12-17-25-24-13(2)26(17)3)22-10-5-6-14-7-8-15(19)11-16(14)20;/h4,7-8,11H,1,5-6,9-10,12H2,2-3H3,(H2,21,22,23);1H. The molecule has 0 aliphatic rings. The van der Waals surface area contributed by atoms with Gasteiger partial charge in [-0.15, -0.1) is 40.8 Å². The van der Waals surface area contributed by atoms with Gasteiger partial charge in [-0.3, -0.25) is 0 Å². The zero-order chi connectivity index (χ0) is 18.9. The molecule has 0 aliphatic carbocycles. The summed E-state index contributed by atoms with van der Waals surface area (Å²) >= 11 is 3.27. The maximum absolute atomic E-state index is 13.8. The summed E-state index contributed by atoms with van der Waals surface area (Å²) in [6.07, 6.45) is 3.21. The number of hydrogen-bond acceptors (Lipinski definition) is 3. The Morgan fingerprint density at radius 3 is 2.78 bits per heavy atom. The highest BCUT2D eigenvalue weighted by Gasteiger charge is 2.06. The highest BCUT2D eigenvalue weighted by Crippen LogP contribution is 2.16. The Bertz CT molecular complexity index is 777. The van der Waals surface area contributed by atoms with Crippen molar-refractivity contribution in [2.45, 2.75) is 26.3 Å². The molecule has 6 nitrogen and oxygen atoms in total. The summed E-state index contributed by atoms with van der Waals surface area (Å²) < 4.78 is 16.5. The molecule has 0 saturated heterocycles. The van der Waals surface area contributed by atoms with E-state index < -0.39 is 0 Å². The van der Waals surface area contributed by atoms with E-state index in [1.54, 1.807) is 12.1 Å². The minimum atomic E-state index is -0.185. The number of aromatic nitrogens is 3. The second-order valence-corrected chi connectivity index (χ2v) is 6.74. The Morgan fingerprint density at radius 1 is 1.37 bits per heavy atom. The first-order valence-corrected chi connectivity index (χ1v) is 9.22. The molecule has 2 aromatic rings. The lowest BCUT2D eigenvalue weighted by atomic mass is 10.1. The molecule has 1 aromatic carbocycles. The van der Waals surface area contributed by atoms with Crippen LogP contribution in [-0.2, 0) is 20.0 Å². The van der Waals surface area contributed by atoms with Crippen molar-refractivity contribution in [2.24, 2.45) is 12.0 Å². The number of rotatable bonds is 8. The van der Waals surface area contributed by atoms with Gasteiger partial charge in [-0.05, 0) is 37.5 Å². The number of nitrogens with one attached hydrogen (secondary N) is 2. The van der Waals surface area contributed by atoms with Gasteiger partial charge in [-0.1, -0.05) is 28.1 Å². The Morgan fingerprint density at radius 2 is 2.15 bits per heavy atom. The zero-order valence-electron chi connectivity index (χ0n) is 15.5. The van der Waals surface area contributed by atoms with Crippen molar-refractivity contribution in [2.75, 3.05) is 13.1 Å². The van der Waals surface area contributed by atoms with E-state index in [-0.39, 0.29) is 29.8 Å². The average Bonchev–Trinajstić information content (AvgIpc) is 2.93. The summed E-state index contributed by atoms with van der Waals surface area (Å²) in [6.45, 7) is 7.30. The van der Waals surface area contributed by atoms with Gasteiger partial charge in [0, 0.05) is 24.6 Å². The van der Waals surface area contributed by atoms with Gasteiger partial charge in [0.25, 0.3) is 0 Å². The lowest BCUT2D eigenvalue weighted by Gasteiger charge is -2.11. The summed E-state index contributed by atoms with van der Waals surface area (Å²) in [7, 11) is 1.91. The molecule has 148 valence electrons. The van der Waals surface area contributed by atoms with E-state index in [0.717, 1.165) is 22.5 Å². The van der Waals surface area contributed by atoms with Crippen LogP contribution < -0.4 is 10.6 Å². The predicted octanol–water partition coefficient (Wildman–Crippen LogP) is 3.50. The van der Waals surface area contributed by atoms with E-state index in [1.807, 2.05) is 24.6 Å². The van der Waals surface area contributed by atoms with E-state index in [1.165, 1.54) is 6.07 Å². The van der Waals surface area contributed by atoms with E-state index >= 15 is 0 Å². The molecule has 9 heteroatoms. The van der Waals surface area contributed by atoms with Crippen molar-refractivity contribution >= 4 is 45.9 Å². The van der Waals surface area contributed by atoms with Crippen molar-refractivity contribution in [3.8, 4) is 0 Å². The Hall–Kier alpha value is -1.49. The third-order valence-corrected chi connectivity index (χ3v) is 4.40. The van der Waals surface area contributed by atoms with Crippen LogP contribution in [0.3, 0.4) is 0 Å². The molecule has 0 aliphatic heterocycles. The van der Waals surface area contributed by atoms with Crippen LogP contribution in [0.1, 0.15) is 23.6 Å². The second kappa shape index (κ2) is 12.1. The van der Waals surface area contributed by atoms with Crippen LogP contribution in [0.15, 0.2) is 40.3 Å². The number of aryl methyl sites for hydroxylation is 2. The number of aliphatic imine (C=N–C) groups is 1. The largest absolute Gasteiger partial charge is 0.356 e. The molecule has 27 heavy (non-hydrogen) atoms. The van der Waals surface area contributed by atoms with Gasteiger partial charge in [0.05, 0.1) is 0 Å². The molecule has 0 atom stereocenters. The summed E-state index contributed by atoms with van der Waals surface area (Å²) in [5, 5.41) is 14.6. The number of guanidine groups is 1. The molecule has 0 saturated carbocycles. The van der Waals surface area contributed by atoms with Crippen LogP contribution >= 0.6 is 39.9 Å². The number of hydrogen-bond donors (Lipinski definition) is 2. The molecule has 0 unspecified atom stereocenters. The normalized spacial score (nSPS) is 11.0. The molecule has 2 rings (SSSR count). The predicted molar refractivity (Wildman–Crippen MR) is 121 cm³/mol. The van der Waals surface area contributed by atoms with Crippen LogP contribution in [0.2, 0.25) is 0 Å². The van der Waals surface area contributed by atoms with Crippen molar-refractivity contribution in [3.63, 3.8) is 0 Å². The van der Waals surface area contributed by atoms with Crippen molar-refractivity contribution in [1.29, 1.82) is 0 Å². The molecule has 2 N–H and O–H groups in total. The average molecular weight is 551 g/mol. The first-order chi connectivity index (χ1) is 12.5. The van der Waals surface area contributed by atoms with Crippen LogP contribution in [0, 0.1) is 12.7 Å². The molecule has 0 fully saturated rings. The summed E-state index contributed by atoms with van der Waals surface area (Å²) in [6, 6.07) is 5.15. The van der Waals surface area contributed by atoms with Gasteiger partial charge in [-0.25, -0.2) is 9.38 Å². The first kappa shape index (κ1) is 23.5. The van der Waals surface area contributed by atoms with Crippen molar-refractivity contribution in [1.82, 2.24) is 25.4 Å². The van der Waals surface area contributed by atoms with E-state index in [9.17, 15) is 4.39 Å². The van der Waals surface area contributed by atoms with Gasteiger partial charge in [0.1, 0.15) is 18.2 Å². The van der Waals surface area contributed by atoms with E-state index in [4.69, 9.17) is 0 Å². The Kier molecular flexibility index (Phi) is 10.5. The van der Waals surface area contributed by atoms with Crippen molar-refractivity contribution < 1.29 is 4.39 Å². The van der Waals surface area contributed by atoms with Crippen LogP contribution in [-0.4, -0.2) is 33.8 Å². The van der Waals surface area contributed by atoms with Gasteiger partial charge in [-0.2, -0.15) is 0 Å². The summed E-state index contributed by atoms with van der Waals surface area (Å²) in [5.74, 6) is 2.12. The minimum absolute atomic E-state index is 0. The minimum Gasteiger partial charge on any atom is -0.356 e. The second-order valence-electron chi connectivity index (χ2n) is 5.82. The highest BCUT2D eigenvalue weighted by molar-refractivity contribution is 14.0. The fourth-order valence-corrected chi connectivity index (χ4v) is 2.62. The molecular formula is C18H25BrFIN6. The van der Waals surface area contributed by atoms with Gasteiger partial charge >= 0.3 is 0 Å². The summed E-state index contributed by atoms with van der Waals surface area (Å²) in [5.41, 5.74) is 0.710. The quantitative estimate of drug-likeness (QED) is 0.174. The van der Waals surface area contributed by atoms with Gasteiger partial charge in [0.2, 0.25) is 0 Å². The molecule has 0 amide bonds. The molecule has 0 radical (unpaired) electrons. The molecule has 0 bridgehead atoms. The third-order valence-electron chi connectivity index (χ3n) is 3.91. The molecule has 0 spiro atoms. The van der Waals surface area contributed by atoms with Crippen LogP contribution in [0.5, 0.6) is 0 Å². The SMILES string of the molecule is C=CCNC(=NCc1nnc(C)n1C)NCCCc1ccc(Br)cc1F.I. The molecular weight excluding hydrogens is 526 g/mol. The van der Waals surface area contributed by atoms with E-state index in [0.29, 0.717) is 37.6 Å². The Balaban J connectivity index is 0.00000364. The summed E-state index contributed by atoms with van der Waals surface area (Å²) in [4.78, 5) is 4.52. The smallest absolute Gasteiger partial charge is 0.191 e. The Labute approximate surface area is 184 Å². The topological polar surface area (TPSA) is 67.1 Å². The number of halogens is 3. The van der Waals surface area contributed by atoms with E-state index in [2.05, 4.69) is 48.3 Å². The fourth-order valence-electron chi connectivity index (χ4n) is 2.29.